The molecule has 3 aromatic rings. The van der Waals surface area contributed by atoms with E-state index in [1.807, 2.05) is 18.7 Å². The van der Waals surface area contributed by atoms with Crippen LogP contribution in [0, 0.1) is 18.7 Å². The molecule has 0 radical (unpaired) electrons. The fraction of sp³-hybridized carbons (Fsp3) is 0.440. The van der Waals surface area contributed by atoms with Crippen LogP contribution in [0.5, 0.6) is 0 Å². The van der Waals surface area contributed by atoms with Gasteiger partial charge >= 0.3 is 5.97 Å². The summed E-state index contributed by atoms with van der Waals surface area (Å²) >= 11 is 7.26. The van der Waals surface area contributed by atoms with Crippen molar-refractivity contribution >= 4 is 39.8 Å². The van der Waals surface area contributed by atoms with Gasteiger partial charge in [-0.2, -0.15) is 0 Å². The first kappa shape index (κ1) is 26.2. The molecule has 0 amide bonds. The second-order valence-electron chi connectivity index (χ2n) is 8.50. The Hall–Kier alpha value is -2.82. The number of Topliss-reactive ketones (excluding diaryl/α,β-unsaturated/α-hetero) is 1. The first-order chi connectivity index (χ1) is 17.3. The maximum absolute atomic E-state index is 14.5. The fourth-order valence-electron chi connectivity index (χ4n) is 4.31. The van der Waals surface area contributed by atoms with Crippen LogP contribution in [0.25, 0.3) is 11.4 Å². The van der Waals surface area contributed by atoms with Crippen LogP contribution >= 0.6 is 22.9 Å². The Kier molecular flexibility index (Phi) is 8.38. The van der Waals surface area contributed by atoms with E-state index in [0.717, 1.165) is 17.0 Å². The summed E-state index contributed by atoms with van der Waals surface area (Å²) in [5.74, 6) is -1.14. The maximum atomic E-state index is 14.5. The first-order valence-corrected chi connectivity index (χ1v) is 13.0. The summed E-state index contributed by atoms with van der Waals surface area (Å²) in [5, 5.41) is 1.09. The maximum Gasteiger partial charge on any atom is 0.350 e. The third kappa shape index (κ3) is 5.61. The number of thiazole rings is 1. The van der Waals surface area contributed by atoms with E-state index in [1.165, 1.54) is 18.3 Å². The van der Waals surface area contributed by atoms with E-state index in [1.54, 1.807) is 13.0 Å². The average molecular weight is 535 g/mol. The molecule has 0 aromatic carbocycles. The number of carbonyl (C=O) groups excluding carboxylic acids is 2. The fourth-order valence-corrected chi connectivity index (χ4v) is 5.46. The molecule has 4 rings (SSSR count). The molecule has 0 aliphatic carbocycles. The second kappa shape index (κ2) is 11.5. The highest BCUT2D eigenvalue weighted by molar-refractivity contribution is 7.17. The molecule has 0 saturated carbocycles. The van der Waals surface area contributed by atoms with E-state index < -0.39 is 11.8 Å². The molecule has 36 heavy (non-hydrogen) atoms. The average Bonchev–Trinajstić information content (AvgIpc) is 3.44. The van der Waals surface area contributed by atoms with Crippen LogP contribution in [-0.2, 0) is 9.47 Å². The number of carbonyl (C=O) groups is 2. The van der Waals surface area contributed by atoms with Crippen LogP contribution in [0.2, 0.25) is 5.02 Å². The van der Waals surface area contributed by atoms with Gasteiger partial charge in [-0.1, -0.05) is 22.9 Å². The van der Waals surface area contributed by atoms with Crippen molar-refractivity contribution in [2.24, 2.45) is 5.92 Å². The Morgan fingerprint density at radius 2 is 2.11 bits per heavy atom. The summed E-state index contributed by atoms with van der Waals surface area (Å²) in [6.07, 6.45) is 2.25. The van der Waals surface area contributed by atoms with Crippen LogP contribution in [0.3, 0.4) is 0 Å². The minimum atomic E-state index is -0.567. The van der Waals surface area contributed by atoms with Crippen LogP contribution in [-0.4, -0.2) is 59.1 Å². The molecule has 1 aliphatic rings. The van der Waals surface area contributed by atoms with Gasteiger partial charge in [-0.25, -0.2) is 14.2 Å². The van der Waals surface area contributed by atoms with Gasteiger partial charge in [0.15, 0.2) is 16.7 Å². The molecule has 4 heterocycles. The molecule has 8 nitrogen and oxygen atoms in total. The topological polar surface area (TPSA) is 97.4 Å². The number of hydrogen-bond acceptors (Lipinski definition) is 8. The molecule has 1 N–H and O–H groups in total. The number of anilines is 1. The summed E-state index contributed by atoms with van der Waals surface area (Å²) in [6.45, 7) is 7.21. The number of esters is 1. The number of pyridine rings is 1. The van der Waals surface area contributed by atoms with Crippen LogP contribution < -0.4 is 4.90 Å². The number of ether oxygens (including phenoxy) is 2. The summed E-state index contributed by atoms with van der Waals surface area (Å²) in [4.78, 5) is 39.5. The van der Waals surface area contributed by atoms with Gasteiger partial charge in [0.1, 0.15) is 16.3 Å². The lowest BCUT2D eigenvalue weighted by Gasteiger charge is -2.38. The van der Waals surface area contributed by atoms with Crippen LogP contribution in [0.15, 0.2) is 24.4 Å². The molecule has 0 spiro atoms. The molecule has 192 valence electrons. The smallest absolute Gasteiger partial charge is 0.350 e. The lowest BCUT2D eigenvalue weighted by molar-refractivity contribution is 0.0103. The summed E-state index contributed by atoms with van der Waals surface area (Å²) in [6, 6.07) is 4.43. The second-order valence-corrected chi connectivity index (χ2v) is 9.89. The highest BCUT2D eigenvalue weighted by Crippen LogP contribution is 2.37. The number of hydrogen-bond donors (Lipinski definition) is 1. The molecule has 0 bridgehead atoms. The minimum absolute atomic E-state index is 0.00444. The zero-order valence-electron chi connectivity index (χ0n) is 20.3. The van der Waals surface area contributed by atoms with Gasteiger partial charge in [0.25, 0.3) is 0 Å². The third-order valence-corrected chi connectivity index (χ3v) is 7.59. The van der Waals surface area contributed by atoms with Gasteiger partial charge in [-0.15, -0.1) is 0 Å². The van der Waals surface area contributed by atoms with E-state index in [0.29, 0.717) is 48.4 Å². The van der Waals surface area contributed by atoms with Crippen molar-refractivity contribution in [2.45, 2.75) is 39.7 Å². The summed E-state index contributed by atoms with van der Waals surface area (Å²) in [5.41, 5.74) is 1.43. The Morgan fingerprint density at radius 3 is 2.78 bits per heavy atom. The number of rotatable bonds is 9. The number of halogens is 2. The van der Waals surface area contributed by atoms with Crippen LogP contribution in [0.4, 0.5) is 9.52 Å². The summed E-state index contributed by atoms with van der Waals surface area (Å²) in [7, 11) is 0. The number of H-pyrrole nitrogens is 1. The minimum Gasteiger partial charge on any atom is -0.462 e. The normalized spacial score (nSPS) is 17.9. The van der Waals surface area contributed by atoms with Gasteiger partial charge in [0.2, 0.25) is 0 Å². The lowest BCUT2D eigenvalue weighted by atomic mass is 9.88. The number of ketones is 1. The SMILES string of the molecule is CCOC(=O)c1sc(N2CC[C@@H](CC(=O)c3cc(Cl)c(C)[nH]3)[C@@H](OCC)C2)nc1-c1ncccc1F. The molecule has 1 saturated heterocycles. The zero-order valence-corrected chi connectivity index (χ0v) is 21.9. The van der Waals surface area contributed by atoms with Crippen molar-refractivity contribution in [2.75, 3.05) is 31.2 Å². The largest absolute Gasteiger partial charge is 0.462 e. The Labute approximate surface area is 217 Å². The molecular formula is C25H28ClFN4O4S. The molecule has 1 aliphatic heterocycles. The van der Waals surface area contributed by atoms with Gasteiger partial charge < -0.3 is 19.4 Å². The van der Waals surface area contributed by atoms with Crippen molar-refractivity contribution in [3.05, 3.63) is 51.5 Å². The number of nitrogens with one attached hydrogen (secondary N) is 1. The van der Waals surface area contributed by atoms with Crippen molar-refractivity contribution in [3.8, 4) is 11.4 Å². The van der Waals surface area contributed by atoms with E-state index in [9.17, 15) is 14.0 Å². The number of aromatic amines is 1. The number of nitrogens with zero attached hydrogens (tertiary/aromatic N) is 3. The van der Waals surface area contributed by atoms with E-state index in [-0.39, 0.29) is 40.7 Å². The van der Waals surface area contributed by atoms with E-state index in [2.05, 4.69) is 15.0 Å². The summed E-state index contributed by atoms with van der Waals surface area (Å²) < 4.78 is 25.7. The predicted molar refractivity (Wildman–Crippen MR) is 136 cm³/mol. The van der Waals surface area contributed by atoms with Crippen molar-refractivity contribution in [3.63, 3.8) is 0 Å². The zero-order chi connectivity index (χ0) is 25.8. The number of aromatic nitrogens is 3. The van der Waals surface area contributed by atoms with Crippen LogP contribution in [0.1, 0.15) is 52.5 Å². The Balaban J connectivity index is 1.56. The Bertz CT molecular complexity index is 1230. The standard InChI is InChI=1S/C25H28ClFN4O4S/c1-4-34-20-13-31(10-8-15(20)11-19(32)18-12-16(26)14(3)29-18)25-30-22(21-17(27)7-6-9-28-21)23(36-25)24(33)35-5-2/h6-7,9,12,15,20,29H,4-5,8,10-11,13H2,1-3H3/t15-,20-/m0/s1. The number of piperidine rings is 1. The van der Waals surface area contributed by atoms with Gasteiger partial charge in [0, 0.05) is 38.0 Å². The quantitative estimate of drug-likeness (QED) is 0.293. The molecule has 0 unspecified atom stereocenters. The predicted octanol–water partition coefficient (Wildman–Crippen LogP) is 5.32. The van der Waals surface area contributed by atoms with Gasteiger partial charge in [-0.3, -0.25) is 9.78 Å². The third-order valence-electron chi connectivity index (χ3n) is 6.11. The van der Waals surface area contributed by atoms with E-state index in [4.69, 9.17) is 21.1 Å². The lowest BCUT2D eigenvalue weighted by Crippen LogP contribution is -2.46. The van der Waals surface area contributed by atoms with Crippen molar-refractivity contribution in [1.29, 1.82) is 0 Å². The Morgan fingerprint density at radius 1 is 1.31 bits per heavy atom. The van der Waals surface area contributed by atoms with Crippen molar-refractivity contribution in [1.82, 2.24) is 15.0 Å². The molecular weight excluding hydrogens is 507 g/mol. The van der Waals surface area contributed by atoms with E-state index >= 15 is 0 Å². The first-order valence-electron chi connectivity index (χ1n) is 11.9. The number of aryl methyl sites for hydroxylation is 1. The molecule has 11 heteroatoms. The molecule has 3 aromatic heterocycles. The highest BCUT2D eigenvalue weighted by Gasteiger charge is 2.34. The molecule has 1 fully saturated rings. The monoisotopic (exact) mass is 534 g/mol. The van der Waals surface area contributed by atoms with Gasteiger partial charge in [-0.05, 0) is 51.3 Å². The highest BCUT2D eigenvalue weighted by atomic mass is 35.5. The van der Waals surface area contributed by atoms with Crippen molar-refractivity contribution < 1.29 is 23.5 Å². The molecule has 2 atom stereocenters. The van der Waals surface area contributed by atoms with Gasteiger partial charge in [0.05, 0.1) is 23.4 Å².